The zero-order valence-corrected chi connectivity index (χ0v) is 11.6. The Morgan fingerprint density at radius 1 is 1.05 bits per heavy atom. The molecule has 1 heterocycles. The fourth-order valence-electron chi connectivity index (χ4n) is 2.76. The third kappa shape index (κ3) is 2.69. The number of hydrogen-bond donors (Lipinski definition) is 1. The maximum Gasteiger partial charge on any atom is 0.113 e. The molecule has 0 saturated heterocycles. The van der Waals surface area contributed by atoms with Gasteiger partial charge < -0.3 is 5.11 Å². The van der Waals surface area contributed by atoms with Crippen LogP contribution in [0.2, 0.25) is 0 Å². The SMILES string of the molecule is CC[C@H](c1ccccc1)[C@](O)(CC)c1ccccn1. The van der Waals surface area contributed by atoms with Crippen molar-refractivity contribution in [2.75, 3.05) is 0 Å². The minimum atomic E-state index is -0.905. The molecule has 0 aliphatic carbocycles. The number of aromatic nitrogens is 1. The summed E-state index contributed by atoms with van der Waals surface area (Å²) < 4.78 is 0. The largest absolute Gasteiger partial charge is 0.383 e. The molecule has 2 nitrogen and oxygen atoms in total. The van der Waals surface area contributed by atoms with Gasteiger partial charge in [0.25, 0.3) is 0 Å². The Morgan fingerprint density at radius 2 is 1.74 bits per heavy atom. The van der Waals surface area contributed by atoms with E-state index in [4.69, 9.17) is 0 Å². The molecule has 1 aromatic carbocycles. The van der Waals surface area contributed by atoms with E-state index in [1.165, 1.54) is 5.56 Å². The minimum absolute atomic E-state index is 0.0635. The van der Waals surface area contributed by atoms with Crippen molar-refractivity contribution in [3.8, 4) is 0 Å². The summed E-state index contributed by atoms with van der Waals surface area (Å²) >= 11 is 0. The summed E-state index contributed by atoms with van der Waals surface area (Å²) in [5, 5.41) is 11.1. The maximum absolute atomic E-state index is 11.1. The Bertz CT molecular complexity index is 497. The van der Waals surface area contributed by atoms with Gasteiger partial charge in [-0.1, -0.05) is 50.2 Å². The Hall–Kier alpha value is -1.67. The highest BCUT2D eigenvalue weighted by Crippen LogP contribution is 2.40. The van der Waals surface area contributed by atoms with Gasteiger partial charge in [-0.3, -0.25) is 4.98 Å². The Morgan fingerprint density at radius 3 is 2.26 bits per heavy atom. The first-order valence-electron chi connectivity index (χ1n) is 6.91. The number of aliphatic hydroxyl groups is 1. The van der Waals surface area contributed by atoms with Gasteiger partial charge in [0.15, 0.2) is 0 Å². The van der Waals surface area contributed by atoms with Crippen LogP contribution in [0.5, 0.6) is 0 Å². The molecule has 0 spiro atoms. The van der Waals surface area contributed by atoms with Gasteiger partial charge in [-0.25, -0.2) is 0 Å². The second kappa shape index (κ2) is 5.98. The van der Waals surface area contributed by atoms with E-state index in [9.17, 15) is 5.11 Å². The van der Waals surface area contributed by atoms with Gasteiger partial charge in [0, 0.05) is 12.1 Å². The van der Waals surface area contributed by atoms with Crippen molar-refractivity contribution in [3.05, 3.63) is 66.0 Å². The standard InChI is InChI=1S/C17H21NO/c1-3-15(14-10-6-5-7-11-14)17(19,4-2)16-12-8-9-13-18-16/h5-13,15,19H,3-4H2,1-2H3/t15-,17-/m1/s1. The molecule has 0 amide bonds. The van der Waals surface area contributed by atoms with Crippen LogP contribution in [-0.2, 0) is 5.60 Å². The smallest absolute Gasteiger partial charge is 0.113 e. The fourth-order valence-corrected chi connectivity index (χ4v) is 2.76. The summed E-state index contributed by atoms with van der Waals surface area (Å²) in [6.07, 6.45) is 3.27. The van der Waals surface area contributed by atoms with Gasteiger partial charge in [0.2, 0.25) is 0 Å². The van der Waals surface area contributed by atoms with Crippen LogP contribution in [-0.4, -0.2) is 10.1 Å². The van der Waals surface area contributed by atoms with Crippen molar-refractivity contribution < 1.29 is 5.11 Å². The molecule has 2 atom stereocenters. The monoisotopic (exact) mass is 255 g/mol. The Labute approximate surface area is 115 Å². The summed E-state index contributed by atoms with van der Waals surface area (Å²) in [6.45, 7) is 4.13. The molecule has 100 valence electrons. The molecule has 0 aliphatic rings. The van der Waals surface area contributed by atoms with Crippen LogP contribution in [0.15, 0.2) is 54.7 Å². The van der Waals surface area contributed by atoms with E-state index in [-0.39, 0.29) is 5.92 Å². The van der Waals surface area contributed by atoms with Gasteiger partial charge in [-0.2, -0.15) is 0 Å². The van der Waals surface area contributed by atoms with Crippen LogP contribution >= 0.6 is 0 Å². The topological polar surface area (TPSA) is 33.1 Å². The van der Waals surface area contributed by atoms with E-state index in [0.717, 1.165) is 12.1 Å². The van der Waals surface area contributed by atoms with Crippen molar-refractivity contribution in [1.29, 1.82) is 0 Å². The molecule has 2 aromatic rings. The molecule has 2 rings (SSSR count). The predicted octanol–water partition coefficient (Wildman–Crippen LogP) is 3.87. The van der Waals surface area contributed by atoms with E-state index in [2.05, 4.69) is 24.0 Å². The van der Waals surface area contributed by atoms with E-state index >= 15 is 0 Å². The third-order valence-electron chi connectivity index (χ3n) is 3.83. The van der Waals surface area contributed by atoms with Gasteiger partial charge in [-0.15, -0.1) is 0 Å². The zero-order chi connectivity index (χ0) is 13.7. The second-order valence-electron chi connectivity index (χ2n) is 4.86. The van der Waals surface area contributed by atoms with Crippen molar-refractivity contribution in [2.45, 2.75) is 38.2 Å². The van der Waals surface area contributed by atoms with Crippen LogP contribution in [0.25, 0.3) is 0 Å². The van der Waals surface area contributed by atoms with Crippen LogP contribution < -0.4 is 0 Å². The molecule has 0 saturated carbocycles. The fraction of sp³-hybridized carbons (Fsp3) is 0.353. The minimum Gasteiger partial charge on any atom is -0.383 e. The summed E-state index contributed by atoms with van der Waals surface area (Å²) in [7, 11) is 0. The summed E-state index contributed by atoms with van der Waals surface area (Å²) in [5.41, 5.74) is 1.02. The highest BCUT2D eigenvalue weighted by Gasteiger charge is 2.37. The molecule has 1 aromatic heterocycles. The molecule has 0 aliphatic heterocycles. The molecule has 1 N–H and O–H groups in total. The van der Waals surface area contributed by atoms with Gasteiger partial charge in [-0.05, 0) is 30.5 Å². The maximum atomic E-state index is 11.1. The van der Waals surface area contributed by atoms with E-state index < -0.39 is 5.60 Å². The number of benzene rings is 1. The Balaban J connectivity index is 2.44. The second-order valence-corrected chi connectivity index (χ2v) is 4.86. The molecular weight excluding hydrogens is 234 g/mol. The summed E-state index contributed by atoms with van der Waals surface area (Å²) in [6, 6.07) is 15.9. The number of rotatable bonds is 5. The quantitative estimate of drug-likeness (QED) is 0.879. The molecule has 0 bridgehead atoms. The van der Waals surface area contributed by atoms with E-state index in [1.54, 1.807) is 6.20 Å². The molecule has 0 fully saturated rings. The average molecular weight is 255 g/mol. The highest BCUT2D eigenvalue weighted by molar-refractivity contribution is 5.27. The third-order valence-corrected chi connectivity index (χ3v) is 3.83. The zero-order valence-electron chi connectivity index (χ0n) is 11.6. The van der Waals surface area contributed by atoms with Gasteiger partial charge >= 0.3 is 0 Å². The lowest BCUT2D eigenvalue weighted by molar-refractivity contribution is -0.00263. The van der Waals surface area contributed by atoms with E-state index in [1.807, 2.05) is 43.3 Å². The van der Waals surface area contributed by atoms with Crippen LogP contribution in [0.4, 0.5) is 0 Å². The van der Waals surface area contributed by atoms with E-state index in [0.29, 0.717) is 6.42 Å². The molecule has 19 heavy (non-hydrogen) atoms. The normalized spacial score (nSPS) is 15.7. The summed E-state index contributed by atoms with van der Waals surface area (Å²) in [4.78, 5) is 4.37. The number of nitrogens with zero attached hydrogens (tertiary/aromatic N) is 1. The summed E-state index contributed by atoms with van der Waals surface area (Å²) in [5.74, 6) is 0.0635. The number of pyridine rings is 1. The van der Waals surface area contributed by atoms with Crippen LogP contribution in [0.1, 0.15) is 43.9 Å². The molecular formula is C17H21NO. The molecule has 0 unspecified atom stereocenters. The lowest BCUT2D eigenvalue weighted by Gasteiger charge is -2.35. The lowest BCUT2D eigenvalue weighted by Crippen LogP contribution is -2.33. The Kier molecular flexibility index (Phi) is 4.33. The highest BCUT2D eigenvalue weighted by atomic mass is 16.3. The van der Waals surface area contributed by atoms with Crippen LogP contribution in [0, 0.1) is 0 Å². The van der Waals surface area contributed by atoms with Gasteiger partial charge in [0.1, 0.15) is 5.60 Å². The first-order valence-corrected chi connectivity index (χ1v) is 6.91. The average Bonchev–Trinajstić information content (AvgIpc) is 2.49. The molecule has 0 radical (unpaired) electrons. The first kappa shape index (κ1) is 13.8. The van der Waals surface area contributed by atoms with Gasteiger partial charge in [0.05, 0.1) is 5.69 Å². The van der Waals surface area contributed by atoms with Crippen molar-refractivity contribution in [1.82, 2.24) is 4.98 Å². The molecule has 2 heteroatoms. The van der Waals surface area contributed by atoms with Crippen molar-refractivity contribution in [2.24, 2.45) is 0 Å². The van der Waals surface area contributed by atoms with Crippen molar-refractivity contribution in [3.63, 3.8) is 0 Å². The van der Waals surface area contributed by atoms with Crippen molar-refractivity contribution >= 4 is 0 Å². The number of hydrogen-bond acceptors (Lipinski definition) is 2. The predicted molar refractivity (Wildman–Crippen MR) is 77.9 cm³/mol. The van der Waals surface area contributed by atoms with Crippen LogP contribution in [0.3, 0.4) is 0 Å². The lowest BCUT2D eigenvalue weighted by atomic mass is 9.76. The first-order chi connectivity index (χ1) is 9.22.